The summed E-state index contributed by atoms with van der Waals surface area (Å²) < 4.78 is 3.69. The van der Waals surface area contributed by atoms with Gasteiger partial charge in [-0.1, -0.05) is 63.2 Å². The van der Waals surface area contributed by atoms with Crippen molar-refractivity contribution in [2.24, 2.45) is 0 Å². The van der Waals surface area contributed by atoms with Crippen LogP contribution in [0.5, 0.6) is 0 Å². The van der Waals surface area contributed by atoms with Gasteiger partial charge in [0.25, 0.3) is 0 Å². The lowest BCUT2D eigenvalue weighted by Gasteiger charge is -2.23. The van der Waals surface area contributed by atoms with Crippen LogP contribution in [0.15, 0.2) is 72.8 Å². The Bertz CT molecular complexity index is 1430. The molecule has 3 aromatic carbocycles. The Balaban J connectivity index is 0.00000342. The Morgan fingerprint density at radius 1 is 0.886 bits per heavy atom. The van der Waals surface area contributed by atoms with Crippen LogP contribution in [-0.4, -0.2) is 20.8 Å². The average Bonchev–Trinajstić information content (AvgIpc) is 3.05. The minimum Gasteiger partial charge on any atom is -0.326 e. The van der Waals surface area contributed by atoms with Crippen LogP contribution in [0, 0.1) is 5.41 Å². The highest BCUT2D eigenvalue weighted by Crippen LogP contribution is 2.31. The minimum atomic E-state index is -0.256. The SMILES string of the molecule is Br.CC(=O)Nc1ccc(C(=O)Cn2c(=N)n(Cc3ccccc3)c3ccccc32)cc1C(C)(C)C. The lowest BCUT2D eigenvalue weighted by atomic mass is 9.84. The van der Waals surface area contributed by atoms with Crippen molar-refractivity contribution in [3.8, 4) is 0 Å². The van der Waals surface area contributed by atoms with E-state index in [9.17, 15) is 9.59 Å². The number of ketones is 1. The zero-order chi connectivity index (χ0) is 24.5. The zero-order valence-corrected chi connectivity index (χ0v) is 22.2. The fourth-order valence-corrected chi connectivity index (χ4v) is 4.25. The minimum absolute atomic E-state index is 0. The number of imidazole rings is 1. The first-order valence-electron chi connectivity index (χ1n) is 11.4. The van der Waals surface area contributed by atoms with E-state index >= 15 is 0 Å². The van der Waals surface area contributed by atoms with Crippen molar-refractivity contribution in [2.45, 2.75) is 46.2 Å². The van der Waals surface area contributed by atoms with Gasteiger partial charge in [-0.3, -0.25) is 15.0 Å². The number of fused-ring (bicyclic) bond motifs is 1. The molecule has 0 saturated heterocycles. The second-order valence-corrected chi connectivity index (χ2v) is 9.58. The number of aromatic nitrogens is 2. The lowest BCUT2D eigenvalue weighted by molar-refractivity contribution is -0.114. The van der Waals surface area contributed by atoms with Crippen LogP contribution in [0.4, 0.5) is 5.69 Å². The number of rotatable bonds is 6. The van der Waals surface area contributed by atoms with Gasteiger partial charge in [-0.2, -0.15) is 0 Å². The Morgan fingerprint density at radius 2 is 1.49 bits per heavy atom. The molecule has 1 amide bonds. The van der Waals surface area contributed by atoms with Gasteiger partial charge in [0, 0.05) is 18.2 Å². The topological polar surface area (TPSA) is 79.9 Å². The van der Waals surface area contributed by atoms with Gasteiger partial charge in [0.2, 0.25) is 11.5 Å². The summed E-state index contributed by atoms with van der Waals surface area (Å²) in [6, 6.07) is 23.2. The number of amides is 1. The van der Waals surface area contributed by atoms with Crippen molar-refractivity contribution in [3.05, 3.63) is 95.1 Å². The number of carbonyl (C=O) groups excluding carboxylic acids is 2. The van der Waals surface area contributed by atoms with E-state index in [2.05, 4.69) is 26.1 Å². The Hall–Kier alpha value is -3.45. The molecule has 0 saturated carbocycles. The fraction of sp³-hybridized carbons (Fsp3) is 0.250. The third-order valence-electron chi connectivity index (χ3n) is 5.92. The molecule has 1 heterocycles. The average molecular weight is 535 g/mol. The standard InChI is InChI=1S/C28H30N4O2.BrH/c1-19(33)30-23-15-14-21(16-22(23)28(2,3)4)26(34)18-32-25-13-9-8-12-24(25)31(27(32)29)17-20-10-6-5-7-11-20;/h5-16,29H,17-18H2,1-4H3,(H,30,33);1H. The van der Waals surface area contributed by atoms with Crippen LogP contribution >= 0.6 is 17.0 Å². The largest absolute Gasteiger partial charge is 0.326 e. The van der Waals surface area contributed by atoms with Gasteiger partial charge in [0.15, 0.2) is 5.78 Å². The second-order valence-electron chi connectivity index (χ2n) is 9.58. The van der Waals surface area contributed by atoms with Gasteiger partial charge in [0.05, 0.1) is 24.1 Å². The number of anilines is 1. The van der Waals surface area contributed by atoms with E-state index in [1.54, 1.807) is 16.7 Å². The fourth-order valence-electron chi connectivity index (χ4n) is 4.25. The van der Waals surface area contributed by atoms with Crippen LogP contribution < -0.4 is 10.9 Å². The summed E-state index contributed by atoms with van der Waals surface area (Å²) in [6.45, 7) is 8.25. The maximum Gasteiger partial charge on any atom is 0.221 e. The quantitative estimate of drug-likeness (QED) is 0.311. The molecule has 0 atom stereocenters. The van der Waals surface area contributed by atoms with E-state index in [1.807, 2.05) is 65.2 Å². The van der Waals surface area contributed by atoms with Gasteiger partial charge in [-0.15, -0.1) is 17.0 Å². The highest BCUT2D eigenvalue weighted by atomic mass is 79.9. The van der Waals surface area contributed by atoms with Crippen molar-refractivity contribution in [3.63, 3.8) is 0 Å². The number of halogens is 1. The molecule has 0 fully saturated rings. The van der Waals surface area contributed by atoms with Crippen LogP contribution in [0.2, 0.25) is 0 Å². The molecule has 182 valence electrons. The summed E-state index contributed by atoms with van der Waals surface area (Å²) in [4.78, 5) is 25.0. The van der Waals surface area contributed by atoms with E-state index in [4.69, 9.17) is 5.41 Å². The summed E-state index contributed by atoms with van der Waals surface area (Å²) in [5.74, 6) is -0.230. The maximum absolute atomic E-state index is 13.4. The second kappa shape index (κ2) is 10.4. The number of benzene rings is 3. The van der Waals surface area contributed by atoms with Crippen molar-refractivity contribution in [1.82, 2.24) is 9.13 Å². The number of carbonyl (C=O) groups is 2. The summed E-state index contributed by atoms with van der Waals surface area (Å²) in [7, 11) is 0. The van der Waals surface area contributed by atoms with E-state index in [-0.39, 0.29) is 46.2 Å². The van der Waals surface area contributed by atoms with E-state index in [0.29, 0.717) is 17.8 Å². The van der Waals surface area contributed by atoms with Gasteiger partial charge >= 0.3 is 0 Å². The van der Waals surface area contributed by atoms with E-state index in [1.165, 1.54) is 6.92 Å². The van der Waals surface area contributed by atoms with Crippen molar-refractivity contribution >= 4 is 45.4 Å². The smallest absolute Gasteiger partial charge is 0.221 e. The summed E-state index contributed by atoms with van der Waals surface area (Å²) in [6.07, 6.45) is 0. The molecule has 2 N–H and O–H groups in total. The van der Waals surface area contributed by atoms with Crippen molar-refractivity contribution < 1.29 is 9.59 Å². The molecule has 6 nitrogen and oxygen atoms in total. The zero-order valence-electron chi connectivity index (χ0n) is 20.5. The summed E-state index contributed by atoms with van der Waals surface area (Å²) in [5.41, 5.74) is 5.06. The number of hydrogen-bond acceptors (Lipinski definition) is 3. The third kappa shape index (κ3) is 5.62. The molecule has 4 aromatic rings. The van der Waals surface area contributed by atoms with Crippen LogP contribution in [0.3, 0.4) is 0 Å². The molecule has 0 unspecified atom stereocenters. The van der Waals surface area contributed by atoms with Crippen LogP contribution in [0.25, 0.3) is 11.0 Å². The molecule has 1 aromatic heterocycles. The van der Waals surface area contributed by atoms with E-state index < -0.39 is 0 Å². The lowest BCUT2D eigenvalue weighted by Crippen LogP contribution is -2.28. The molecular weight excluding hydrogens is 504 g/mol. The van der Waals surface area contributed by atoms with Crippen LogP contribution in [-0.2, 0) is 23.3 Å². The number of para-hydroxylation sites is 2. The Kier molecular flexibility index (Phi) is 7.80. The third-order valence-corrected chi connectivity index (χ3v) is 5.92. The molecule has 0 aliphatic carbocycles. The summed E-state index contributed by atoms with van der Waals surface area (Å²) in [5, 5.41) is 11.7. The first kappa shape index (κ1) is 26.2. The van der Waals surface area contributed by atoms with Gasteiger partial charge < -0.3 is 14.5 Å². The Morgan fingerprint density at radius 3 is 2.09 bits per heavy atom. The predicted molar refractivity (Wildman–Crippen MR) is 145 cm³/mol. The summed E-state index contributed by atoms with van der Waals surface area (Å²) >= 11 is 0. The highest BCUT2D eigenvalue weighted by molar-refractivity contribution is 8.93. The van der Waals surface area contributed by atoms with Crippen LogP contribution in [0.1, 0.15) is 49.2 Å². The number of Topliss-reactive ketones (excluding diaryl/α,β-unsaturated/α-hetero) is 1. The number of nitrogens with zero attached hydrogens (tertiary/aromatic N) is 2. The molecule has 0 bridgehead atoms. The predicted octanol–water partition coefficient (Wildman–Crippen LogP) is 5.69. The molecule has 0 radical (unpaired) electrons. The maximum atomic E-state index is 13.4. The Labute approximate surface area is 215 Å². The van der Waals surface area contributed by atoms with Gasteiger partial charge in [-0.05, 0) is 46.9 Å². The molecule has 0 spiro atoms. The first-order chi connectivity index (χ1) is 16.1. The number of nitrogens with one attached hydrogen (secondary N) is 2. The van der Waals surface area contributed by atoms with E-state index in [0.717, 1.165) is 22.2 Å². The monoisotopic (exact) mass is 534 g/mol. The molecule has 35 heavy (non-hydrogen) atoms. The van der Waals surface area contributed by atoms with Crippen molar-refractivity contribution in [2.75, 3.05) is 5.32 Å². The first-order valence-corrected chi connectivity index (χ1v) is 11.4. The molecule has 0 aliphatic heterocycles. The molecule has 7 heteroatoms. The van der Waals surface area contributed by atoms with Gasteiger partial charge in [-0.25, -0.2) is 0 Å². The normalized spacial score (nSPS) is 11.2. The molecule has 4 rings (SSSR count). The molecular formula is C28H31BrN4O2. The van der Waals surface area contributed by atoms with Crippen molar-refractivity contribution in [1.29, 1.82) is 5.41 Å². The highest BCUT2D eigenvalue weighted by Gasteiger charge is 2.22. The molecule has 0 aliphatic rings. The number of hydrogen-bond donors (Lipinski definition) is 2. The van der Waals surface area contributed by atoms with Gasteiger partial charge in [0.1, 0.15) is 0 Å².